The van der Waals surface area contributed by atoms with Crippen molar-refractivity contribution >= 4 is 7.25 Å². The van der Waals surface area contributed by atoms with Crippen molar-refractivity contribution in [1.29, 1.82) is 0 Å². The van der Waals surface area contributed by atoms with Gasteiger partial charge in [0.15, 0.2) is 0 Å². The van der Waals surface area contributed by atoms with Gasteiger partial charge in [0, 0.05) is 0 Å². The maximum atomic E-state index is 9.75. The Hall–Kier alpha value is -1.30. The van der Waals surface area contributed by atoms with Crippen molar-refractivity contribution in [3.63, 3.8) is 0 Å². The monoisotopic (exact) mass is 266 g/mol. The van der Waals surface area contributed by atoms with Crippen LogP contribution in [0.4, 0.5) is 17.3 Å². The van der Waals surface area contributed by atoms with Gasteiger partial charge in [-0.3, -0.25) is 0 Å². The van der Waals surface area contributed by atoms with E-state index in [4.69, 9.17) is 0 Å². The summed E-state index contributed by atoms with van der Waals surface area (Å²) in [6.45, 7) is 18.8. The summed E-state index contributed by atoms with van der Waals surface area (Å²) in [7, 11) is -6.00. The summed E-state index contributed by atoms with van der Waals surface area (Å²) in [5.41, 5.74) is 0. The predicted molar refractivity (Wildman–Crippen MR) is 71.8 cm³/mol. The second-order valence-electron chi connectivity index (χ2n) is 3.72. The van der Waals surface area contributed by atoms with E-state index in [1.807, 2.05) is 24.3 Å². The predicted octanol–water partition coefficient (Wildman–Crippen LogP) is 3.96. The molecular weight excluding hydrogens is 245 g/mol. The van der Waals surface area contributed by atoms with Crippen LogP contribution >= 0.6 is 0 Å². The Morgan fingerprint density at radius 3 is 1.00 bits per heavy atom. The molecule has 0 rings (SSSR count). The Balaban J connectivity index is -0.000000366. The molecule has 0 bridgehead atoms. The topological polar surface area (TPSA) is 0 Å². The van der Waals surface area contributed by atoms with Crippen molar-refractivity contribution in [2.75, 3.05) is 26.2 Å². The zero-order valence-electron chi connectivity index (χ0n) is 11.5. The molecule has 0 aromatic carbocycles. The molecule has 0 aliphatic carbocycles. The summed E-state index contributed by atoms with van der Waals surface area (Å²) in [6, 6.07) is 0. The van der Waals surface area contributed by atoms with Crippen LogP contribution in [0.25, 0.3) is 0 Å². The van der Waals surface area contributed by atoms with Crippen LogP contribution in [-0.4, -0.2) is 37.9 Å². The van der Waals surface area contributed by atoms with Gasteiger partial charge >= 0.3 is 8.68 Å². The van der Waals surface area contributed by atoms with Crippen LogP contribution in [0.5, 0.6) is 0 Å². The Bertz CT molecular complexity index is 228. The fourth-order valence-electron chi connectivity index (χ4n) is 1.54. The first kappa shape index (κ1) is 19.1. The van der Waals surface area contributed by atoms with Gasteiger partial charge in [0.2, 0.25) is 0 Å². The highest BCUT2D eigenvalue weighted by molar-refractivity contribution is 6.50. The number of hydrogen-bond acceptors (Lipinski definition) is 0. The molecule has 0 atom stereocenters. The van der Waals surface area contributed by atoms with Crippen LogP contribution in [-0.2, 0) is 0 Å². The SMILES string of the molecule is C=CC[N+](CC=C)(CC=C)CC=C.F[B-](F)(F)F.[H+]. The zero-order valence-corrected chi connectivity index (χ0v) is 10.5. The van der Waals surface area contributed by atoms with Gasteiger partial charge in [0.05, 0.1) is 26.2 Å². The molecule has 104 valence electrons. The minimum Gasteiger partial charge on any atom is -0.418 e. The Morgan fingerprint density at radius 1 is 0.722 bits per heavy atom. The normalized spacial score (nSPS) is 10.9. The van der Waals surface area contributed by atoms with E-state index in [1.165, 1.54) is 0 Å². The third kappa shape index (κ3) is 12.8. The van der Waals surface area contributed by atoms with Crippen LogP contribution in [0.15, 0.2) is 50.6 Å². The molecule has 0 saturated heterocycles. The minimum absolute atomic E-state index is 0. The largest absolute Gasteiger partial charge is 1.00 e. The van der Waals surface area contributed by atoms with E-state index in [-0.39, 0.29) is 1.43 Å². The number of halogens is 4. The van der Waals surface area contributed by atoms with Crippen LogP contribution in [0.2, 0.25) is 0 Å². The van der Waals surface area contributed by atoms with Gasteiger partial charge in [-0.1, -0.05) is 26.3 Å². The van der Waals surface area contributed by atoms with Gasteiger partial charge in [0.25, 0.3) is 0 Å². The highest BCUT2D eigenvalue weighted by atomic mass is 19.5. The van der Waals surface area contributed by atoms with E-state index in [9.17, 15) is 17.3 Å². The van der Waals surface area contributed by atoms with Crippen molar-refractivity contribution in [2.45, 2.75) is 0 Å². The van der Waals surface area contributed by atoms with Gasteiger partial charge in [0.1, 0.15) is 0 Å². The fraction of sp³-hybridized carbons (Fsp3) is 0.333. The van der Waals surface area contributed by atoms with Gasteiger partial charge < -0.3 is 21.7 Å². The second kappa shape index (κ2) is 9.71. The van der Waals surface area contributed by atoms with E-state index >= 15 is 0 Å². The molecule has 0 N–H and O–H groups in total. The number of nitrogens with zero attached hydrogens (tertiary/aromatic N) is 1. The third-order valence-electron chi connectivity index (χ3n) is 2.07. The molecule has 6 heteroatoms. The van der Waals surface area contributed by atoms with Crippen LogP contribution < -0.4 is 0 Å². The molecule has 0 amide bonds. The maximum Gasteiger partial charge on any atom is 1.00 e. The lowest BCUT2D eigenvalue weighted by Gasteiger charge is -2.35. The molecule has 0 heterocycles. The molecule has 0 aromatic heterocycles. The first-order valence-electron chi connectivity index (χ1n) is 5.40. The van der Waals surface area contributed by atoms with E-state index in [0.717, 1.165) is 30.7 Å². The lowest BCUT2D eigenvalue weighted by molar-refractivity contribution is -0.906. The van der Waals surface area contributed by atoms with E-state index < -0.39 is 7.25 Å². The van der Waals surface area contributed by atoms with E-state index in [1.54, 1.807) is 0 Å². The highest BCUT2D eigenvalue weighted by Crippen LogP contribution is 2.08. The summed E-state index contributed by atoms with van der Waals surface area (Å²) in [4.78, 5) is 0. The quantitative estimate of drug-likeness (QED) is 0.270. The molecule has 0 aliphatic rings. The average Bonchev–Trinajstić information content (AvgIpc) is 2.16. The Labute approximate surface area is 108 Å². The molecule has 0 spiro atoms. The van der Waals surface area contributed by atoms with Crippen molar-refractivity contribution in [3.8, 4) is 0 Å². The van der Waals surface area contributed by atoms with Crippen molar-refractivity contribution in [3.05, 3.63) is 50.6 Å². The van der Waals surface area contributed by atoms with Crippen molar-refractivity contribution < 1.29 is 23.2 Å². The molecule has 1 nitrogen and oxygen atoms in total. The average molecular weight is 266 g/mol. The van der Waals surface area contributed by atoms with Crippen LogP contribution in [0, 0.1) is 0 Å². The van der Waals surface area contributed by atoms with Gasteiger partial charge in [-0.15, -0.1) is 0 Å². The molecule has 18 heavy (non-hydrogen) atoms. The molecular formula is C12H21BF4N+. The summed E-state index contributed by atoms with van der Waals surface area (Å²) in [5.74, 6) is 0. The molecule has 0 radical (unpaired) electrons. The summed E-state index contributed by atoms with van der Waals surface area (Å²) >= 11 is 0. The van der Waals surface area contributed by atoms with Crippen molar-refractivity contribution in [1.82, 2.24) is 0 Å². The standard InChI is InChI=1S/C12H20N.BF4/c1-5-9-13(10-6-2,11-7-3)12-8-4;2-1(3,4)5/h5-8H,1-4,9-12H2;/q+1;-1/p+1. The van der Waals surface area contributed by atoms with Gasteiger partial charge in [-0.05, 0) is 24.3 Å². The van der Waals surface area contributed by atoms with Gasteiger partial charge in [-0.25, -0.2) is 0 Å². The van der Waals surface area contributed by atoms with Gasteiger partial charge in [-0.2, -0.15) is 0 Å². The molecule has 0 aromatic rings. The van der Waals surface area contributed by atoms with E-state index in [0.29, 0.717) is 0 Å². The molecule has 0 saturated carbocycles. The Morgan fingerprint density at radius 2 is 0.889 bits per heavy atom. The summed E-state index contributed by atoms with van der Waals surface area (Å²) in [6.07, 6.45) is 7.76. The molecule has 0 unspecified atom stereocenters. The minimum atomic E-state index is -6.00. The van der Waals surface area contributed by atoms with Crippen molar-refractivity contribution in [2.24, 2.45) is 0 Å². The summed E-state index contributed by atoms with van der Waals surface area (Å²) < 4.78 is 39.9. The highest BCUT2D eigenvalue weighted by Gasteiger charge is 2.21. The zero-order chi connectivity index (χ0) is 14.7. The fourth-order valence-corrected chi connectivity index (χ4v) is 1.54. The lowest BCUT2D eigenvalue weighted by atomic mass is 10.3. The third-order valence-corrected chi connectivity index (χ3v) is 2.07. The maximum absolute atomic E-state index is 9.75. The number of rotatable bonds is 8. The van der Waals surface area contributed by atoms with Crippen LogP contribution in [0.3, 0.4) is 0 Å². The smallest absolute Gasteiger partial charge is 0.418 e. The Kier molecular flexibility index (Phi) is 10.3. The number of quaternary nitrogens is 1. The molecule has 0 fully saturated rings. The summed E-state index contributed by atoms with van der Waals surface area (Å²) in [5, 5.41) is 0. The first-order chi connectivity index (χ1) is 8.24. The second-order valence-corrected chi connectivity index (χ2v) is 3.72. The van der Waals surface area contributed by atoms with Crippen LogP contribution in [0.1, 0.15) is 1.43 Å². The van der Waals surface area contributed by atoms with E-state index in [2.05, 4.69) is 26.3 Å². The first-order valence-corrected chi connectivity index (χ1v) is 5.40. The number of hydrogen-bond donors (Lipinski definition) is 0. The lowest BCUT2D eigenvalue weighted by Crippen LogP contribution is -2.48. The molecule has 0 aliphatic heterocycles.